The van der Waals surface area contributed by atoms with Crippen LogP contribution in [0.4, 0.5) is 5.95 Å². The zero-order chi connectivity index (χ0) is 24.6. The third kappa shape index (κ3) is 4.19. The van der Waals surface area contributed by atoms with Crippen LogP contribution in [0.1, 0.15) is 44.8 Å². The zero-order valence-electron chi connectivity index (χ0n) is 21.4. The van der Waals surface area contributed by atoms with Gasteiger partial charge in [-0.05, 0) is 57.9 Å². The molecule has 1 aliphatic heterocycles. The predicted octanol–water partition coefficient (Wildman–Crippen LogP) is 4.85. The molecule has 0 amide bonds. The molecule has 0 spiro atoms. The molecule has 3 aromatic heterocycles. The van der Waals surface area contributed by atoms with Gasteiger partial charge in [-0.25, -0.2) is 15.0 Å². The van der Waals surface area contributed by atoms with Crippen molar-refractivity contribution in [3.8, 4) is 0 Å². The van der Waals surface area contributed by atoms with E-state index >= 15 is 0 Å². The summed E-state index contributed by atoms with van der Waals surface area (Å²) in [6, 6.07) is 17.7. The number of likely N-dealkylation sites (tertiary alicyclic amines) is 1. The highest BCUT2D eigenvalue weighted by molar-refractivity contribution is 5.92. The van der Waals surface area contributed by atoms with E-state index in [0.29, 0.717) is 12.1 Å². The molecule has 1 aliphatic rings. The number of para-hydroxylation sites is 3. The number of imidazole rings is 1. The first-order chi connectivity index (χ1) is 17.6. The minimum atomic E-state index is 0.626. The van der Waals surface area contributed by atoms with Crippen molar-refractivity contribution in [2.24, 2.45) is 0 Å². The van der Waals surface area contributed by atoms with Crippen LogP contribution in [0.15, 0.2) is 48.5 Å². The van der Waals surface area contributed by atoms with Gasteiger partial charge in [0.1, 0.15) is 5.82 Å². The standard InChI is InChI=1S/C28H34N8/c1-19-9-8-10-20(2)34(19)18-16-29-28-31-23-12-5-4-11-22(23)27-32-26(33-36(27)28)15-17-35-21(3)30-24-13-6-7-14-25(24)35/h4-7,11-14,19-20H,8-10,15-18H2,1-3H3,(H,29,31). The highest BCUT2D eigenvalue weighted by Crippen LogP contribution is 2.23. The number of aromatic nitrogens is 6. The average Bonchev–Trinajstić information content (AvgIpc) is 3.45. The molecule has 0 saturated carbocycles. The number of fused-ring (bicyclic) bond motifs is 4. The van der Waals surface area contributed by atoms with Gasteiger partial charge >= 0.3 is 0 Å². The van der Waals surface area contributed by atoms with Crippen LogP contribution >= 0.6 is 0 Å². The Labute approximate surface area is 211 Å². The van der Waals surface area contributed by atoms with Gasteiger partial charge in [0.05, 0.1) is 16.6 Å². The molecular weight excluding hydrogens is 448 g/mol. The van der Waals surface area contributed by atoms with Crippen molar-refractivity contribution in [3.05, 3.63) is 60.2 Å². The maximum Gasteiger partial charge on any atom is 0.226 e. The number of piperidine rings is 1. The van der Waals surface area contributed by atoms with Crippen molar-refractivity contribution in [1.82, 2.24) is 34.0 Å². The van der Waals surface area contributed by atoms with Crippen LogP contribution in [0, 0.1) is 6.92 Å². The number of hydrogen-bond acceptors (Lipinski definition) is 6. The number of nitrogens with one attached hydrogen (secondary N) is 1. The van der Waals surface area contributed by atoms with E-state index < -0.39 is 0 Å². The van der Waals surface area contributed by atoms with E-state index in [0.717, 1.165) is 71.2 Å². The van der Waals surface area contributed by atoms with Gasteiger partial charge in [-0.1, -0.05) is 30.7 Å². The van der Waals surface area contributed by atoms with E-state index in [-0.39, 0.29) is 0 Å². The van der Waals surface area contributed by atoms with Crippen molar-refractivity contribution in [1.29, 1.82) is 0 Å². The van der Waals surface area contributed by atoms with Crippen molar-refractivity contribution in [2.45, 2.75) is 65.1 Å². The molecule has 8 heteroatoms. The first kappa shape index (κ1) is 22.9. The molecule has 1 N–H and O–H groups in total. The van der Waals surface area contributed by atoms with E-state index in [2.05, 4.69) is 59.8 Å². The summed E-state index contributed by atoms with van der Waals surface area (Å²) < 4.78 is 4.14. The van der Waals surface area contributed by atoms with E-state index in [4.69, 9.17) is 20.1 Å². The summed E-state index contributed by atoms with van der Waals surface area (Å²) >= 11 is 0. The lowest BCUT2D eigenvalue weighted by atomic mass is 9.98. The van der Waals surface area contributed by atoms with Crippen LogP contribution < -0.4 is 5.32 Å². The lowest BCUT2D eigenvalue weighted by Crippen LogP contribution is -2.45. The average molecular weight is 483 g/mol. The molecule has 2 aromatic carbocycles. The number of hydrogen-bond donors (Lipinski definition) is 1. The molecule has 5 aromatic rings. The Bertz CT molecular complexity index is 1510. The Morgan fingerprint density at radius 3 is 2.47 bits per heavy atom. The molecule has 0 bridgehead atoms. The van der Waals surface area contributed by atoms with Crippen LogP contribution in [0.25, 0.3) is 27.6 Å². The molecule has 0 radical (unpaired) electrons. The van der Waals surface area contributed by atoms with E-state index in [1.807, 2.05) is 28.8 Å². The van der Waals surface area contributed by atoms with Crippen LogP contribution in [0.3, 0.4) is 0 Å². The molecule has 2 unspecified atom stereocenters. The van der Waals surface area contributed by atoms with E-state index in [1.54, 1.807) is 0 Å². The Balaban J connectivity index is 1.27. The lowest BCUT2D eigenvalue weighted by Gasteiger charge is -2.39. The largest absolute Gasteiger partial charge is 0.353 e. The summed E-state index contributed by atoms with van der Waals surface area (Å²) in [5.74, 6) is 2.58. The van der Waals surface area contributed by atoms with Crippen LogP contribution in [0.5, 0.6) is 0 Å². The molecule has 4 heterocycles. The normalized spacial score (nSPS) is 19.0. The van der Waals surface area contributed by atoms with Gasteiger partial charge in [0.15, 0.2) is 11.5 Å². The van der Waals surface area contributed by atoms with E-state index in [9.17, 15) is 0 Å². The fraction of sp³-hybridized carbons (Fsp3) is 0.429. The summed E-state index contributed by atoms with van der Waals surface area (Å²) in [7, 11) is 0. The highest BCUT2D eigenvalue weighted by Gasteiger charge is 2.24. The quantitative estimate of drug-likeness (QED) is 0.357. The summed E-state index contributed by atoms with van der Waals surface area (Å²) in [6.07, 6.45) is 4.61. The zero-order valence-corrected chi connectivity index (χ0v) is 21.4. The minimum absolute atomic E-state index is 0.626. The van der Waals surface area contributed by atoms with Gasteiger partial charge in [-0.15, -0.1) is 5.10 Å². The van der Waals surface area contributed by atoms with Crippen molar-refractivity contribution in [2.75, 3.05) is 18.4 Å². The third-order valence-electron chi connectivity index (χ3n) is 7.66. The summed E-state index contributed by atoms with van der Waals surface area (Å²) in [4.78, 5) is 17.2. The highest BCUT2D eigenvalue weighted by atomic mass is 15.4. The van der Waals surface area contributed by atoms with Crippen LogP contribution in [0.2, 0.25) is 0 Å². The minimum Gasteiger partial charge on any atom is -0.353 e. The van der Waals surface area contributed by atoms with Crippen molar-refractivity contribution in [3.63, 3.8) is 0 Å². The first-order valence-corrected chi connectivity index (χ1v) is 13.1. The SMILES string of the molecule is Cc1nc2ccccc2n1CCc1nc2c3ccccc3nc(NCCN3C(C)CCCC3C)n2n1. The first-order valence-electron chi connectivity index (χ1n) is 13.1. The predicted molar refractivity (Wildman–Crippen MR) is 144 cm³/mol. The topological polar surface area (TPSA) is 76.2 Å². The molecule has 1 fully saturated rings. The molecule has 6 rings (SSSR count). The third-order valence-corrected chi connectivity index (χ3v) is 7.66. The van der Waals surface area contributed by atoms with Gasteiger partial charge in [0.2, 0.25) is 5.95 Å². The van der Waals surface area contributed by atoms with Gasteiger partial charge in [-0.3, -0.25) is 4.90 Å². The van der Waals surface area contributed by atoms with Gasteiger partial charge in [-0.2, -0.15) is 4.52 Å². The molecule has 2 atom stereocenters. The number of anilines is 1. The molecule has 186 valence electrons. The fourth-order valence-corrected chi connectivity index (χ4v) is 5.72. The molecule has 0 aliphatic carbocycles. The number of rotatable bonds is 7. The van der Waals surface area contributed by atoms with Crippen molar-refractivity contribution < 1.29 is 0 Å². The van der Waals surface area contributed by atoms with Gasteiger partial charge in [0, 0.05) is 43.5 Å². The Kier molecular flexibility index (Phi) is 6.05. The van der Waals surface area contributed by atoms with Crippen LogP contribution in [-0.4, -0.2) is 59.2 Å². The van der Waals surface area contributed by atoms with Gasteiger partial charge in [0.25, 0.3) is 0 Å². The smallest absolute Gasteiger partial charge is 0.226 e. The Morgan fingerprint density at radius 2 is 1.64 bits per heavy atom. The number of benzene rings is 2. The Morgan fingerprint density at radius 1 is 0.889 bits per heavy atom. The molecule has 1 saturated heterocycles. The Hall–Kier alpha value is -3.52. The van der Waals surface area contributed by atoms with Crippen LogP contribution in [-0.2, 0) is 13.0 Å². The summed E-state index contributed by atoms with van der Waals surface area (Å²) in [5.41, 5.74) is 3.96. The second-order valence-electron chi connectivity index (χ2n) is 10.1. The maximum atomic E-state index is 4.96. The monoisotopic (exact) mass is 482 g/mol. The summed E-state index contributed by atoms with van der Waals surface area (Å²) in [6.45, 7) is 9.34. The van der Waals surface area contributed by atoms with Crippen molar-refractivity contribution >= 4 is 33.5 Å². The maximum absolute atomic E-state index is 4.96. The second-order valence-corrected chi connectivity index (χ2v) is 10.1. The van der Waals surface area contributed by atoms with Gasteiger partial charge < -0.3 is 9.88 Å². The summed E-state index contributed by atoms with van der Waals surface area (Å²) in [5, 5.41) is 9.50. The lowest BCUT2D eigenvalue weighted by molar-refractivity contribution is 0.109. The molecular formula is C28H34N8. The molecule has 36 heavy (non-hydrogen) atoms. The number of nitrogens with zero attached hydrogens (tertiary/aromatic N) is 7. The number of aryl methyl sites for hydroxylation is 3. The fourth-order valence-electron chi connectivity index (χ4n) is 5.72. The molecule has 8 nitrogen and oxygen atoms in total. The van der Waals surface area contributed by atoms with E-state index in [1.165, 1.54) is 19.3 Å². The second kappa shape index (κ2) is 9.50.